The van der Waals surface area contributed by atoms with Gasteiger partial charge in [-0.25, -0.2) is 4.79 Å². The molecule has 4 aromatic rings. The van der Waals surface area contributed by atoms with Crippen LogP contribution in [0.25, 0.3) is 11.1 Å². The van der Waals surface area contributed by atoms with E-state index < -0.39 is 23.5 Å². The minimum absolute atomic E-state index is 0.0717. The van der Waals surface area contributed by atoms with Gasteiger partial charge in [0.1, 0.15) is 11.8 Å². The van der Waals surface area contributed by atoms with Crippen LogP contribution in [0.2, 0.25) is 5.02 Å². The molecule has 0 saturated heterocycles. The molecule has 0 saturated carbocycles. The number of ether oxygens (including phenoxy) is 1. The Balaban J connectivity index is 1.79. The fourth-order valence-corrected chi connectivity index (χ4v) is 4.40. The van der Waals surface area contributed by atoms with Crippen molar-refractivity contribution in [2.75, 3.05) is 12.4 Å². The van der Waals surface area contributed by atoms with Crippen molar-refractivity contribution in [3.63, 3.8) is 0 Å². The number of ketones is 1. The molecule has 0 aliphatic heterocycles. The molecule has 10 nitrogen and oxygen atoms in total. The summed E-state index contributed by atoms with van der Waals surface area (Å²) < 4.78 is 8.44. The minimum atomic E-state index is -1.09. The molecule has 200 valence electrons. The van der Waals surface area contributed by atoms with E-state index in [4.69, 9.17) is 21.4 Å². The van der Waals surface area contributed by atoms with Gasteiger partial charge in [-0.1, -0.05) is 11.6 Å². The van der Waals surface area contributed by atoms with Gasteiger partial charge in [-0.2, -0.15) is 5.10 Å². The summed E-state index contributed by atoms with van der Waals surface area (Å²) in [6, 6.07) is 10.7. The molecule has 0 aliphatic rings. The predicted octanol–water partition coefficient (Wildman–Crippen LogP) is 4.23. The summed E-state index contributed by atoms with van der Waals surface area (Å²) in [4.78, 5) is 50.4. The second-order valence-electron chi connectivity index (χ2n) is 8.86. The lowest BCUT2D eigenvalue weighted by Crippen LogP contribution is -2.34. The van der Waals surface area contributed by atoms with Crippen LogP contribution >= 0.6 is 11.6 Å². The first-order valence-electron chi connectivity index (χ1n) is 11.8. The van der Waals surface area contributed by atoms with Gasteiger partial charge >= 0.3 is 5.97 Å². The van der Waals surface area contributed by atoms with Gasteiger partial charge in [0.15, 0.2) is 5.78 Å². The van der Waals surface area contributed by atoms with E-state index in [-0.39, 0.29) is 23.5 Å². The molecular weight excluding hydrogens is 524 g/mol. The number of nitrogens with one attached hydrogen (secondary N) is 1. The second-order valence-corrected chi connectivity index (χ2v) is 9.30. The molecule has 0 aliphatic carbocycles. The van der Waals surface area contributed by atoms with Crippen LogP contribution in [0.15, 0.2) is 71.9 Å². The number of carbonyl (C=O) groups is 3. The topological polar surface area (TPSA) is 133 Å². The van der Waals surface area contributed by atoms with Crippen LogP contribution < -0.4 is 15.6 Å². The first kappa shape index (κ1) is 27.3. The molecule has 2 aromatic heterocycles. The number of carboxylic acids is 1. The normalized spacial score (nSPS) is 11.6. The molecule has 39 heavy (non-hydrogen) atoms. The van der Waals surface area contributed by atoms with E-state index in [2.05, 4.69) is 10.4 Å². The summed E-state index contributed by atoms with van der Waals surface area (Å²) in [6.07, 6.45) is 4.90. The number of hydrogen-bond acceptors (Lipinski definition) is 6. The Morgan fingerprint density at radius 1 is 1.08 bits per heavy atom. The van der Waals surface area contributed by atoms with Crippen molar-refractivity contribution in [1.82, 2.24) is 14.3 Å². The molecule has 0 fully saturated rings. The van der Waals surface area contributed by atoms with E-state index in [9.17, 15) is 19.2 Å². The Morgan fingerprint density at radius 2 is 1.79 bits per heavy atom. The van der Waals surface area contributed by atoms with Crippen molar-refractivity contribution in [3.05, 3.63) is 99.2 Å². The highest BCUT2D eigenvalue weighted by Gasteiger charge is 2.25. The average Bonchev–Trinajstić information content (AvgIpc) is 3.31. The largest absolute Gasteiger partial charge is 0.495 e. The van der Waals surface area contributed by atoms with Gasteiger partial charge in [0.2, 0.25) is 5.91 Å². The number of aromatic carboxylic acids is 1. The molecule has 4 rings (SSSR count). The fourth-order valence-electron chi connectivity index (χ4n) is 4.23. The highest BCUT2D eigenvalue weighted by molar-refractivity contribution is 6.31. The number of benzene rings is 2. The summed E-state index contributed by atoms with van der Waals surface area (Å²) in [5, 5.41) is 16.4. The quantitative estimate of drug-likeness (QED) is 0.299. The second kappa shape index (κ2) is 11.4. The van der Waals surface area contributed by atoms with Crippen molar-refractivity contribution in [3.8, 4) is 16.9 Å². The number of amides is 1. The number of halogens is 1. The number of carbonyl (C=O) groups excluding carboxylic acids is 2. The number of methoxy groups -OCH3 is 1. The van der Waals surface area contributed by atoms with Crippen LogP contribution in [0.1, 0.15) is 39.2 Å². The Morgan fingerprint density at radius 3 is 2.38 bits per heavy atom. The fraction of sp³-hybridized carbons (Fsp3) is 0.179. The number of aryl methyl sites for hydroxylation is 1. The van der Waals surface area contributed by atoms with E-state index in [1.807, 2.05) is 0 Å². The van der Waals surface area contributed by atoms with E-state index in [0.29, 0.717) is 33.0 Å². The summed E-state index contributed by atoms with van der Waals surface area (Å²) in [6.45, 7) is 1.41. The predicted molar refractivity (Wildman–Crippen MR) is 146 cm³/mol. The van der Waals surface area contributed by atoms with Crippen LogP contribution in [0, 0.1) is 0 Å². The number of carboxylic acid groups (broad SMARTS) is 1. The molecule has 0 spiro atoms. The first-order chi connectivity index (χ1) is 18.6. The summed E-state index contributed by atoms with van der Waals surface area (Å²) in [5.41, 5.74) is 1.79. The number of aromatic nitrogens is 3. The summed E-state index contributed by atoms with van der Waals surface area (Å²) in [5.74, 6) is -1.55. The smallest absolute Gasteiger partial charge is 0.335 e. The Bertz CT molecular complexity index is 1620. The first-order valence-corrected chi connectivity index (χ1v) is 12.2. The lowest BCUT2D eigenvalue weighted by atomic mass is 9.97. The van der Waals surface area contributed by atoms with Crippen molar-refractivity contribution in [2.24, 2.45) is 7.05 Å². The van der Waals surface area contributed by atoms with E-state index >= 15 is 0 Å². The van der Waals surface area contributed by atoms with Crippen LogP contribution in [0.3, 0.4) is 0 Å². The number of anilines is 1. The third-order valence-corrected chi connectivity index (χ3v) is 6.38. The lowest BCUT2D eigenvalue weighted by Gasteiger charge is -2.21. The van der Waals surface area contributed by atoms with Gasteiger partial charge < -0.3 is 15.2 Å². The Kier molecular flexibility index (Phi) is 7.96. The Labute approximate surface area is 228 Å². The molecule has 0 unspecified atom stereocenters. The zero-order valence-corrected chi connectivity index (χ0v) is 22.1. The molecule has 0 radical (unpaired) electrons. The molecule has 2 aromatic carbocycles. The number of Topliss-reactive ketones (excluding diaryl/α,β-unsaturated/α-hetero) is 1. The molecule has 1 atom stereocenters. The maximum absolute atomic E-state index is 13.5. The zero-order valence-electron chi connectivity index (χ0n) is 21.3. The molecule has 2 N–H and O–H groups in total. The molecule has 2 heterocycles. The SMILES string of the molecule is COc1cn([C@@H](Cc2cnn(C)c2)C(=O)Nc2ccc(C(=O)O)cc2)c(=O)cc1-c1cc(Cl)ccc1C(C)=O. The van der Waals surface area contributed by atoms with Gasteiger partial charge in [0.25, 0.3) is 5.56 Å². The van der Waals surface area contributed by atoms with Gasteiger partial charge in [-0.15, -0.1) is 0 Å². The van der Waals surface area contributed by atoms with Gasteiger partial charge in [0, 0.05) is 47.6 Å². The van der Waals surface area contributed by atoms with Crippen LogP contribution in [0.5, 0.6) is 5.75 Å². The number of hydrogen-bond donors (Lipinski definition) is 2. The standard InChI is InChI=1S/C28H25ClN4O6/c1-16(34)21-9-6-19(29)11-22(21)23-12-26(35)33(15-25(23)39-3)24(10-17-13-30-32(2)14-17)27(36)31-20-7-4-18(5-8-20)28(37)38/h4-9,11-15,24H,10H2,1-3H3,(H,31,36)(H,37,38)/t24-/m0/s1. The lowest BCUT2D eigenvalue weighted by molar-refractivity contribution is -0.119. The van der Waals surface area contributed by atoms with Crippen LogP contribution in [0.4, 0.5) is 5.69 Å². The van der Waals surface area contributed by atoms with Gasteiger partial charge in [-0.3, -0.25) is 23.6 Å². The van der Waals surface area contributed by atoms with Gasteiger partial charge in [-0.05, 0) is 60.5 Å². The molecule has 0 bridgehead atoms. The summed E-state index contributed by atoms with van der Waals surface area (Å²) in [7, 11) is 3.16. The van der Waals surface area contributed by atoms with Crippen LogP contribution in [-0.4, -0.2) is 44.2 Å². The van der Waals surface area contributed by atoms with Gasteiger partial charge in [0.05, 0.1) is 25.1 Å². The maximum Gasteiger partial charge on any atom is 0.335 e. The summed E-state index contributed by atoms with van der Waals surface area (Å²) >= 11 is 6.20. The maximum atomic E-state index is 13.5. The number of nitrogens with zero attached hydrogens (tertiary/aromatic N) is 3. The average molecular weight is 549 g/mol. The third-order valence-electron chi connectivity index (χ3n) is 6.14. The molecule has 11 heteroatoms. The van der Waals surface area contributed by atoms with E-state index in [1.54, 1.807) is 42.3 Å². The van der Waals surface area contributed by atoms with Crippen LogP contribution in [-0.2, 0) is 18.3 Å². The van der Waals surface area contributed by atoms with Crippen molar-refractivity contribution in [2.45, 2.75) is 19.4 Å². The van der Waals surface area contributed by atoms with Crippen molar-refractivity contribution < 1.29 is 24.2 Å². The van der Waals surface area contributed by atoms with Crippen molar-refractivity contribution in [1.29, 1.82) is 0 Å². The van der Waals surface area contributed by atoms with Crippen molar-refractivity contribution >= 4 is 34.9 Å². The minimum Gasteiger partial charge on any atom is -0.495 e. The monoisotopic (exact) mass is 548 g/mol. The number of pyridine rings is 1. The number of rotatable bonds is 9. The highest BCUT2D eigenvalue weighted by atomic mass is 35.5. The third kappa shape index (κ3) is 6.07. The van der Waals surface area contributed by atoms with E-state index in [0.717, 1.165) is 0 Å². The Hall–Kier alpha value is -4.70. The molecule has 1 amide bonds. The highest BCUT2D eigenvalue weighted by Crippen LogP contribution is 2.34. The molecular formula is C28H25ClN4O6. The zero-order chi connectivity index (χ0) is 28.3. The van der Waals surface area contributed by atoms with E-state index in [1.165, 1.54) is 55.1 Å².